The summed E-state index contributed by atoms with van der Waals surface area (Å²) in [6, 6.07) is 8.51. The molecule has 1 aromatic carbocycles. The van der Waals surface area contributed by atoms with E-state index in [2.05, 4.69) is 15.7 Å². The number of ether oxygens (including phenoxy) is 1. The minimum Gasteiger partial charge on any atom is -0.376 e. The fourth-order valence-corrected chi connectivity index (χ4v) is 2.60. The van der Waals surface area contributed by atoms with Gasteiger partial charge in [-0.25, -0.2) is 10.0 Å². The molecule has 1 aromatic rings. The Morgan fingerprint density at radius 3 is 2.91 bits per heavy atom. The summed E-state index contributed by atoms with van der Waals surface area (Å²) >= 11 is 0. The zero-order chi connectivity index (χ0) is 16.2. The van der Waals surface area contributed by atoms with Crippen molar-refractivity contribution in [3.8, 4) is 0 Å². The van der Waals surface area contributed by atoms with Gasteiger partial charge < -0.3 is 10.1 Å². The van der Waals surface area contributed by atoms with Crippen molar-refractivity contribution < 1.29 is 14.3 Å². The molecule has 0 spiro atoms. The van der Waals surface area contributed by atoms with Gasteiger partial charge in [0.15, 0.2) is 0 Å². The molecule has 0 saturated carbocycles. The number of carbonyl (C=O) groups is 2. The monoisotopic (exact) mass is 316 g/mol. The first-order chi connectivity index (χ1) is 11.1. The molecule has 2 heterocycles. The second kappa shape index (κ2) is 6.78. The van der Waals surface area contributed by atoms with Gasteiger partial charge in [0.2, 0.25) is 5.84 Å². The predicted octanol–water partition coefficient (Wildman–Crippen LogP) is 0.620. The van der Waals surface area contributed by atoms with Crippen molar-refractivity contribution in [3.05, 3.63) is 30.3 Å². The van der Waals surface area contributed by atoms with Crippen LogP contribution in [0.4, 0.5) is 5.69 Å². The highest BCUT2D eigenvalue weighted by atomic mass is 16.5. The van der Waals surface area contributed by atoms with E-state index in [1.165, 1.54) is 5.01 Å². The summed E-state index contributed by atoms with van der Waals surface area (Å²) in [6.45, 7) is 2.87. The third-order valence-corrected chi connectivity index (χ3v) is 3.86. The van der Waals surface area contributed by atoms with Crippen molar-refractivity contribution in [2.45, 2.75) is 31.9 Å². The molecular weight excluding hydrogens is 296 g/mol. The average molecular weight is 316 g/mol. The molecule has 0 aromatic heterocycles. The molecule has 3 rings (SSSR count). The highest BCUT2D eigenvalue weighted by Crippen LogP contribution is 2.16. The molecule has 0 bridgehead atoms. The summed E-state index contributed by atoms with van der Waals surface area (Å²) in [6.07, 6.45) is 2.03. The van der Waals surface area contributed by atoms with Gasteiger partial charge in [-0.3, -0.25) is 15.0 Å². The molecule has 1 fully saturated rings. The van der Waals surface area contributed by atoms with Gasteiger partial charge in [0.1, 0.15) is 6.04 Å². The van der Waals surface area contributed by atoms with E-state index >= 15 is 0 Å². The van der Waals surface area contributed by atoms with Gasteiger partial charge in [-0.15, -0.1) is 0 Å². The summed E-state index contributed by atoms with van der Waals surface area (Å²) in [5.74, 6) is -0.397. The number of aliphatic imine (C=N–C) groups is 1. The third kappa shape index (κ3) is 3.50. The number of anilines is 1. The fraction of sp³-hybridized carbons (Fsp3) is 0.438. The number of hydrogen-bond donors (Lipinski definition) is 2. The third-order valence-electron chi connectivity index (χ3n) is 3.86. The van der Waals surface area contributed by atoms with Crippen LogP contribution >= 0.6 is 0 Å². The van der Waals surface area contributed by atoms with Crippen LogP contribution in [-0.2, 0) is 14.3 Å². The van der Waals surface area contributed by atoms with Crippen LogP contribution in [0.3, 0.4) is 0 Å². The Morgan fingerprint density at radius 2 is 2.22 bits per heavy atom. The lowest BCUT2D eigenvalue weighted by Crippen LogP contribution is -2.58. The molecule has 1 saturated heterocycles. The Hall–Kier alpha value is -2.41. The molecule has 2 N–H and O–H groups in total. The first-order valence-corrected chi connectivity index (χ1v) is 7.78. The van der Waals surface area contributed by atoms with Crippen molar-refractivity contribution in [1.82, 2.24) is 10.7 Å². The van der Waals surface area contributed by atoms with Gasteiger partial charge in [0.05, 0.1) is 11.8 Å². The minimum absolute atomic E-state index is 0.0624. The van der Waals surface area contributed by atoms with E-state index < -0.39 is 6.04 Å². The predicted molar refractivity (Wildman–Crippen MR) is 85.9 cm³/mol. The van der Waals surface area contributed by atoms with Gasteiger partial charge in [-0.2, -0.15) is 0 Å². The van der Waals surface area contributed by atoms with Crippen LogP contribution in [0.15, 0.2) is 35.3 Å². The number of benzene rings is 1. The number of rotatable bonds is 4. The Labute approximate surface area is 134 Å². The summed E-state index contributed by atoms with van der Waals surface area (Å²) in [5, 5.41) is 4.17. The van der Waals surface area contributed by atoms with Crippen molar-refractivity contribution in [1.29, 1.82) is 0 Å². The van der Waals surface area contributed by atoms with Crippen LogP contribution in [0, 0.1) is 0 Å². The lowest BCUT2D eigenvalue weighted by molar-refractivity contribution is -0.120. The van der Waals surface area contributed by atoms with E-state index in [1.807, 2.05) is 18.2 Å². The van der Waals surface area contributed by atoms with Crippen molar-refractivity contribution in [3.63, 3.8) is 0 Å². The number of para-hydroxylation sites is 1. The Morgan fingerprint density at radius 1 is 1.43 bits per heavy atom. The fourth-order valence-electron chi connectivity index (χ4n) is 2.60. The molecule has 122 valence electrons. The Kier molecular flexibility index (Phi) is 4.57. The molecule has 2 atom stereocenters. The van der Waals surface area contributed by atoms with Crippen LogP contribution in [0.2, 0.25) is 0 Å². The molecule has 2 aliphatic rings. The number of amides is 2. The SMILES string of the molecule is CC1N=C(C(=O)NCC2CCCO2)NN(c2ccccc2)C1=O. The molecule has 0 aliphatic carbocycles. The molecule has 0 radical (unpaired) electrons. The second-order valence-electron chi connectivity index (χ2n) is 5.62. The first kappa shape index (κ1) is 15.5. The lowest BCUT2D eigenvalue weighted by atomic mass is 10.2. The number of nitrogens with one attached hydrogen (secondary N) is 2. The first-order valence-electron chi connectivity index (χ1n) is 7.78. The maximum atomic E-state index is 12.3. The van der Waals surface area contributed by atoms with Crippen LogP contribution < -0.4 is 15.8 Å². The summed E-state index contributed by atoms with van der Waals surface area (Å²) in [7, 11) is 0. The smallest absolute Gasteiger partial charge is 0.288 e. The topological polar surface area (TPSA) is 83.0 Å². The maximum Gasteiger partial charge on any atom is 0.288 e. The summed E-state index contributed by atoms with van der Waals surface area (Å²) < 4.78 is 5.48. The van der Waals surface area contributed by atoms with E-state index in [0.29, 0.717) is 12.2 Å². The zero-order valence-electron chi connectivity index (χ0n) is 13.0. The molecule has 2 aliphatic heterocycles. The van der Waals surface area contributed by atoms with E-state index in [4.69, 9.17) is 4.74 Å². The molecule has 2 unspecified atom stereocenters. The average Bonchev–Trinajstić information content (AvgIpc) is 3.09. The van der Waals surface area contributed by atoms with Gasteiger partial charge in [0, 0.05) is 13.2 Å². The quantitative estimate of drug-likeness (QED) is 0.853. The zero-order valence-corrected chi connectivity index (χ0v) is 13.0. The number of hydrazine groups is 1. The van der Waals surface area contributed by atoms with E-state index in [9.17, 15) is 9.59 Å². The van der Waals surface area contributed by atoms with Crippen LogP contribution in [-0.4, -0.2) is 42.9 Å². The van der Waals surface area contributed by atoms with Crippen LogP contribution in [0.5, 0.6) is 0 Å². The summed E-state index contributed by atoms with van der Waals surface area (Å²) in [4.78, 5) is 28.7. The van der Waals surface area contributed by atoms with Gasteiger partial charge in [-0.05, 0) is 31.9 Å². The molecule has 2 amide bonds. The summed E-state index contributed by atoms with van der Waals surface area (Å²) in [5.41, 5.74) is 3.48. The van der Waals surface area contributed by atoms with Crippen LogP contribution in [0.1, 0.15) is 19.8 Å². The highest BCUT2D eigenvalue weighted by molar-refractivity contribution is 6.39. The second-order valence-corrected chi connectivity index (χ2v) is 5.62. The Balaban J connectivity index is 1.68. The number of hydrogen-bond acceptors (Lipinski definition) is 5. The molecular formula is C16H20N4O3. The van der Waals surface area contributed by atoms with Gasteiger partial charge in [0.25, 0.3) is 11.8 Å². The van der Waals surface area contributed by atoms with Crippen LogP contribution in [0.25, 0.3) is 0 Å². The van der Waals surface area contributed by atoms with Crippen molar-refractivity contribution >= 4 is 23.3 Å². The largest absolute Gasteiger partial charge is 0.376 e. The van der Waals surface area contributed by atoms with Crippen molar-refractivity contribution in [2.75, 3.05) is 18.2 Å². The van der Waals surface area contributed by atoms with Crippen molar-refractivity contribution in [2.24, 2.45) is 4.99 Å². The standard InChI is InChI=1S/C16H20N4O3/c1-11-16(22)20(12-6-3-2-4-7-12)19-14(18-11)15(21)17-10-13-8-5-9-23-13/h2-4,6-7,11,13H,5,8-10H2,1H3,(H,17,21)(H,18,19). The van der Waals surface area contributed by atoms with E-state index in [-0.39, 0.29) is 23.8 Å². The minimum atomic E-state index is -0.611. The number of nitrogens with zero attached hydrogens (tertiary/aromatic N) is 2. The number of carbonyl (C=O) groups excluding carboxylic acids is 2. The molecule has 7 heteroatoms. The van der Waals surface area contributed by atoms with E-state index in [0.717, 1.165) is 19.4 Å². The molecule has 23 heavy (non-hydrogen) atoms. The Bertz CT molecular complexity index is 611. The van der Waals surface area contributed by atoms with E-state index in [1.54, 1.807) is 19.1 Å². The lowest BCUT2D eigenvalue weighted by Gasteiger charge is -2.30. The normalized spacial score (nSPS) is 24.1. The maximum absolute atomic E-state index is 12.3. The van der Waals surface area contributed by atoms with Gasteiger partial charge in [-0.1, -0.05) is 18.2 Å². The number of amidine groups is 1. The van der Waals surface area contributed by atoms with Gasteiger partial charge >= 0.3 is 0 Å². The molecule has 7 nitrogen and oxygen atoms in total. The highest BCUT2D eigenvalue weighted by Gasteiger charge is 2.30.